The van der Waals surface area contributed by atoms with Gasteiger partial charge in [-0.25, -0.2) is 13.2 Å². The van der Waals surface area contributed by atoms with E-state index in [1.807, 2.05) is 42.5 Å². The third kappa shape index (κ3) is 6.37. The van der Waals surface area contributed by atoms with E-state index in [1.54, 1.807) is 42.5 Å². The molecule has 0 unspecified atom stereocenters. The van der Waals surface area contributed by atoms with Gasteiger partial charge in [0.1, 0.15) is 6.61 Å². The molecule has 0 aliphatic heterocycles. The Hall–Kier alpha value is -4.43. The van der Waals surface area contributed by atoms with Gasteiger partial charge < -0.3 is 10.1 Å². The molecule has 4 aromatic rings. The molecule has 0 spiro atoms. The Kier molecular flexibility index (Phi) is 7.77. The summed E-state index contributed by atoms with van der Waals surface area (Å²) < 4.78 is 32.9. The van der Waals surface area contributed by atoms with E-state index in [9.17, 15) is 18.0 Å². The first-order chi connectivity index (χ1) is 17.4. The van der Waals surface area contributed by atoms with Crippen LogP contribution >= 0.6 is 0 Å². The number of hydrogen-bond acceptors (Lipinski definition) is 5. The van der Waals surface area contributed by atoms with Gasteiger partial charge in [-0.05, 0) is 53.6 Å². The van der Waals surface area contributed by atoms with Crippen LogP contribution in [0.1, 0.15) is 20.7 Å². The number of rotatable bonds is 9. The molecule has 4 aromatic carbocycles. The Morgan fingerprint density at radius 2 is 1.33 bits per heavy atom. The van der Waals surface area contributed by atoms with E-state index < -0.39 is 16.0 Å². The number of nitrogens with one attached hydrogen (secondary N) is 2. The number of carbonyl (C=O) groups is 2. The molecule has 36 heavy (non-hydrogen) atoms. The van der Waals surface area contributed by atoms with Gasteiger partial charge in [-0.2, -0.15) is 0 Å². The summed E-state index contributed by atoms with van der Waals surface area (Å²) in [6.07, 6.45) is 0. The van der Waals surface area contributed by atoms with Crippen LogP contribution in [0.3, 0.4) is 0 Å². The Labute approximate surface area is 209 Å². The first-order valence-corrected chi connectivity index (χ1v) is 12.7. The van der Waals surface area contributed by atoms with Crippen molar-refractivity contribution >= 4 is 27.6 Å². The van der Waals surface area contributed by atoms with Gasteiger partial charge >= 0.3 is 5.97 Å². The molecule has 0 heterocycles. The maximum atomic E-state index is 12.6. The van der Waals surface area contributed by atoms with E-state index in [0.717, 1.165) is 11.1 Å². The molecule has 2 N–H and O–H groups in total. The molecule has 0 aliphatic carbocycles. The fraction of sp³-hybridized carbons (Fsp3) is 0.0714. The van der Waals surface area contributed by atoms with Crippen molar-refractivity contribution in [1.29, 1.82) is 0 Å². The summed E-state index contributed by atoms with van der Waals surface area (Å²) in [6.45, 7) is 0.0461. The topological polar surface area (TPSA) is 102 Å². The smallest absolute Gasteiger partial charge is 0.338 e. The summed E-state index contributed by atoms with van der Waals surface area (Å²) in [6, 6.07) is 31.1. The van der Waals surface area contributed by atoms with Crippen molar-refractivity contribution in [3.63, 3.8) is 0 Å². The lowest BCUT2D eigenvalue weighted by molar-refractivity contribution is 0.0503. The molecule has 0 fully saturated rings. The summed E-state index contributed by atoms with van der Waals surface area (Å²) in [5, 5.41) is 2.71. The van der Waals surface area contributed by atoms with E-state index in [-0.39, 0.29) is 29.5 Å². The molecule has 0 aromatic heterocycles. The van der Waals surface area contributed by atoms with E-state index >= 15 is 0 Å². The van der Waals surface area contributed by atoms with Gasteiger partial charge in [0.05, 0.1) is 17.0 Å². The zero-order valence-electron chi connectivity index (χ0n) is 19.3. The average molecular weight is 501 g/mol. The van der Waals surface area contributed by atoms with Crippen molar-refractivity contribution < 1.29 is 22.7 Å². The fourth-order valence-corrected chi connectivity index (χ4v) is 4.55. The van der Waals surface area contributed by atoms with Crippen molar-refractivity contribution in [3.8, 4) is 11.1 Å². The van der Waals surface area contributed by atoms with Gasteiger partial charge in [0.2, 0.25) is 0 Å². The first-order valence-electron chi connectivity index (χ1n) is 11.2. The lowest BCUT2D eigenvalue weighted by Crippen LogP contribution is -2.28. The fourth-order valence-electron chi connectivity index (χ4n) is 3.45. The zero-order chi connectivity index (χ0) is 25.4. The number of carbonyl (C=O) groups excluding carboxylic acids is 2. The number of benzene rings is 4. The van der Waals surface area contributed by atoms with Gasteiger partial charge in [-0.1, -0.05) is 66.7 Å². The lowest BCUT2D eigenvalue weighted by Gasteiger charge is -2.10. The second-order valence-corrected chi connectivity index (χ2v) is 9.52. The highest BCUT2D eigenvalue weighted by molar-refractivity contribution is 7.92. The number of esters is 1. The Morgan fingerprint density at radius 3 is 2.03 bits per heavy atom. The molecule has 0 aliphatic rings. The predicted octanol–water partition coefficient (Wildman–Crippen LogP) is 4.74. The first kappa shape index (κ1) is 24.7. The second-order valence-electron chi connectivity index (χ2n) is 7.83. The molecule has 8 heteroatoms. The van der Waals surface area contributed by atoms with Gasteiger partial charge in [0.25, 0.3) is 15.9 Å². The molecule has 182 valence electrons. The molecule has 1 amide bonds. The van der Waals surface area contributed by atoms with E-state index in [1.165, 1.54) is 24.3 Å². The van der Waals surface area contributed by atoms with Crippen LogP contribution in [0.2, 0.25) is 0 Å². The van der Waals surface area contributed by atoms with Crippen LogP contribution in [-0.2, 0) is 14.8 Å². The standard InChI is InChI=1S/C28H24N2O5S/c31-27(23-16-14-22(15-17-23)21-8-3-1-4-9-21)29-18-19-35-28(32)24-10-7-13-26(20-24)36(33,34)30-25-11-5-2-6-12-25/h1-17,20,30H,18-19H2,(H,29,31). The minimum absolute atomic E-state index is 0.0620. The second kappa shape index (κ2) is 11.3. The van der Waals surface area contributed by atoms with Crippen LogP contribution in [0.4, 0.5) is 5.69 Å². The molecular weight excluding hydrogens is 476 g/mol. The van der Waals surface area contributed by atoms with Crippen molar-refractivity contribution in [2.24, 2.45) is 0 Å². The van der Waals surface area contributed by atoms with Gasteiger partial charge in [-0.15, -0.1) is 0 Å². The molecular formula is C28H24N2O5S. The molecule has 0 atom stereocenters. The largest absolute Gasteiger partial charge is 0.460 e. The van der Waals surface area contributed by atoms with E-state index in [0.29, 0.717) is 11.3 Å². The molecule has 0 radical (unpaired) electrons. The number of sulfonamides is 1. The summed E-state index contributed by atoms with van der Waals surface area (Å²) in [4.78, 5) is 24.7. The summed E-state index contributed by atoms with van der Waals surface area (Å²) in [5.74, 6) is -0.973. The zero-order valence-corrected chi connectivity index (χ0v) is 20.1. The molecule has 0 bridgehead atoms. The summed E-state index contributed by atoms with van der Waals surface area (Å²) in [5.41, 5.74) is 3.06. The number of amides is 1. The predicted molar refractivity (Wildman–Crippen MR) is 138 cm³/mol. The van der Waals surface area contributed by atoms with Crippen LogP contribution in [0, 0.1) is 0 Å². The molecule has 0 saturated heterocycles. The third-order valence-electron chi connectivity index (χ3n) is 5.28. The number of anilines is 1. The highest BCUT2D eigenvalue weighted by atomic mass is 32.2. The maximum Gasteiger partial charge on any atom is 0.338 e. The highest BCUT2D eigenvalue weighted by Crippen LogP contribution is 2.19. The van der Waals surface area contributed by atoms with E-state index in [4.69, 9.17) is 4.74 Å². The highest BCUT2D eigenvalue weighted by Gasteiger charge is 2.17. The van der Waals surface area contributed by atoms with Crippen LogP contribution in [0.5, 0.6) is 0 Å². The SMILES string of the molecule is O=C(NCCOC(=O)c1cccc(S(=O)(=O)Nc2ccccc2)c1)c1ccc(-c2ccccc2)cc1. The van der Waals surface area contributed by atoms with Crippen molar-refractivity contribution in [3.05, 3.63) is 120 Å². The van der Waals surface area contributed by atoms with Crippen LogP contribution in [0.15, 0.2) is 114 Å². The minimum atomic E-state index is -3.87. The maximum absolute atomic E-state index is 12.6. The van der Waals surface area contributed by atoms with Crippen LogP contribution in [0.25, 0.3) is 11.1 Å². The molecule has 0 saturated carbocycles. The Bertz CT molecular complexity index is 1440. The Morgan fingerprint density at radius 1 is 0.694 bits per heavy atom. The molecule has 4 rings (SSSR count). The number of hydrogen-bond donors (Lipinski definition) is 2. The minimum Gasteiger partial charge on any atom is -0.460 e. The van der Waals surface area contributed by atoms with Crippen molar-refractivity contribution in [2.75, 3.05) is 17.9 Å². The van der Waals surface area contributed by atoms with Gasteiger partial charge in [-0.3, -0.25) is 9.52 Å². The van der Waals surface area contributed by atoms with Crippen molar-refractivity contribution in [1.82, 2.24) is 5.32 Å². The third-order valence-corrected chi connectivity index (χ3v) is 6.66. The Balaban J connectivity index is 1.28. The number of para-hydroxylation sites is 1. The number of ether oxygens (including phenoxy) is 1. The normalized spacial score (nSPS) is 10.9. The lowest BCUT2D eigenvalue weighted by atomic mass is 10.0. The van der Waals surface area contributed by atoms with Crippen LogP contribution in [-0.4, -0.2) is 33.4 Å². The average Bonchev–Trinajstić information content (AvgIpc) is 2.92. The van der Waals surface area contributed by atoms with Crippen LogP contribution < -0.4 is 10.0 Å². The van der Waals surface area contributed by atoms with E-state index in [2.05, 4.69) is 10.0 Å². The van der Waals surface area contributed by atoms with Gasteiger partial charge in [0.15, 0.2) is 0 Å². The quantitative estimate of drug-likeness (QED) is 0.255. The van der Waals surface area contributed by atoms with Crippen molar-refractivity contribution in [2.45, 2.75) is 4.90 Å². The monoisotopic (exact) mass is 500 g/mol. The molecule has 7 nitrogen and oxygen atoms in total. The summed E-state index contributed by atoms with van der Waals surface area (Å²) >= 11 is 0. The van der Waals surface area contributed by atoms with Gasteiger partial charge in [0, 0.05) is 11.3 Å². The summed E-state index contributed by atoms with van der Waals surface area (Å²) in [7, 11) is -3.87.